The van der Waals surface area contributed by atoms with E-state index in [0.29, 0.717) is 31.7 Å². The van der Waals surface area contributed by atoms with Crippen molar-refractivity contribution in [3.05, 3.63) is 53.9 Å². The summed E-state index contributed by atoms with van der Waals surface area (Å²) in [6.45, 7) is 4.67. The van der Waals surface area contributed by atoms with Gasteiger partial charge in [0.2, 0.25) is 15.9 Å². The van der Waals surface area contributed by atoms with Crippen molar-refractivity contribution in [2.24, 2.45) is 5.14 Å². The van der Waals surface area contributed by atoms with Gasteiger partial charge in [0, 0.05) is 44.1 Å². The fraction of sp³-hybridized carbons (Fsp3) is 0.409. The Kier molecular flexibility index (Phi) is 6.27. The first-order valence-electron chi connectivity index (χ1n) is 10.6. The van der Waals surface area contributed by atoms with Gasteiger partial charge in [-0.1, -0.05) is 6.07 Å². The Labute approximate surface area is 187 Å². The number of nitrogens with two attached hydrogens (primary N) is 1. The summed E-state index contributed by atoms with van der Waals surface area (Å²) in [5.74, 6) is -0.129. The molecule has 32 heavy (non-hydrogen) atoms. The molecule has 2 amide bonds. The molecule has 0 bridgehead atoms. The summed E-state index contributed by atoms with van der Waals surface area (Å²) in [4.78, 5) is 35.7. The van der Waals surface area contributed by atoms with Crippen LogP contribution in [0.3, 0.4) is 0 Å². The van der Waals surface area contributed by atoms with E-state index in [1.165, 1.54) is 6.07 Å². The van der Waals surface area contributed by atoms with E-state index in [0.717, 1.165) is 24.2 Å². The molecule has 170 valence electrons. The van der Waals surface area contributed by atoms with Gasteiger partial charge in [0.25, 0.3) is 5.91 Å². The molecule has 1 aromatic carbocycles. The average Bonchev–Trinajstić information content (AvgIpc) is 2.92. The number of aromatic nitrogens is 1. The number of sulfonamides is 1. The van der Waals surface area contributed by atoms with E-state index in [1.807, 2.05) is 6.92 Å². The van der Waals surface area contributed by atoms with Crippen LogP contribution in [0.25, 0.3) is 0 Å². The van der Waals surface area contributed by atoms with Crippen molar-refractivity contribution < 1.29 is 18.0 Å². The minimum absolute atomic E-state index is 0.0379. The molecule has 0 spiro atoms. The quantitative estimate of drug-likeness (QED) is 0.728. The molecule has 0 unspecified atom stereocenters. The van der Waals surface area contributed by atoms with Crippen molar-refractivity contribution >= 4 is 27.5 Å². The number of benzene rings is 1. The van der Waals surface area contributed by atoms with Crippen LogP contribution in [-0.4, -0.2) is 73.8 Å². The molecule has 2 aromatic rings. The summed E-state index contributed by atoms with van der Waals surface area (Å²) >= 11 is 0. The highest BCUT2D eigenvalue weighted by atomic mass is 32.2. The van der Waals surface area contributed by atoms with Crippen LogP contribution in [0.15, 0.2) is 47.5 Å². The summed E-state index contributed by atoms with van der Waals surface area (Å²) in [6.07, 6.45) is 2.96. The molecule has 1 fully saturated rings. The Bertz CT molecular complexity index is 1120. The van der Waals surface area contributed by atoms with Gasteiger partial charge in [0.15, 0.2) is 0 Å². The Hall–Kier alpha value is -2.82. The first-order valence-corrected chi connectivity index (χ1v) is 12.2. The maximum Gasteiger partial charge on any atom is 0.272 e. The maximum absolute atomic E-state index is 13.2. The molecule has 0 saturated carbocycles. The summed E-state index contributed by atoms with van der Waals surface area (Å²) < 4.78 is 23.3. The summed E-state index contributed by atoms with van der Waals surface area (Å²) in [5, 5.41) is 5.24. The third-order valence-corrected chi connectivity index (χ3v) is 6.89. The Morgan fingerprint density at radius 3 is 2.66 bits per heavy atom. The van der Waals surface area contributed by atoms with Crippen LogP contribution >= 0.6 is 0 Å². The first-order chi connectivity index (χ1) is 15.2. The number of fused-ring (bicyclic) bond motifs is 1. The molecule has 9 nitrogen and oxygen atoms in total. The van der Waals surface area contributed by atoms with Gasteiger partial charge in [-0.25, -0.2) is 13.6 Å². The summed E-state index contributed by atoms with van der Waals surface area (Å²) in [6, 6.07) is 9.88. The highest BCUT2D eigenvalue weighted by Crippen LogP contribution is 2.33. The molecule has 1 atom stereocenters. The standard InChI is InChI=1S/C22H27N5O4S/c1-16-13-17-14-18(32(23,30)31)6-7-20(17)27(16)21(28)15-25-9-4-10-26(12-11-25)22(29)19-5-2-3-8-24-19/h2-3,5-8,14,16H,4,9-13,15H2,1H3,(H2,23,30,31)/t16-/m0/s1. The molecular formula is C22H27N5O4S. The number of amides is 2. The summed E-state index contributed by atoms with van der Waals surface area (Å²) in [7, 11) is -3.79. The van der Waals surface area contributed by atoms with Gasteiger partial charge in [-0.3, -0.25) is 19.5 Å². The average molecular weight is 458 g/mol. The van der Waals surface area contributed by atoms with Gasteiger partial charge in [-0.05, 0) is 55.7 Å². The number of anilines is 1. The van der Waals surface area contributed by atoms with E-state index in [2.05, 4.69) is 9.88 Å². The Morgan fingerprint density at radius 2 is 1.94 bits per heavy atom. The van der Waals surface area contributed by atoms with Gasteiger partial charge in [0.1, 0.15) is 5.69 Å². The van der Waals surface area contributed by atoms with Crippen LogP contribution in [0.1, 0.15) is 29.4 Å². The van der Waals surface area contributed by atoms with Gasteiger partial charge >= 0.3 is 0 Å². The minimum atomic E-state index is -3.79. The molecule has 3 heterocycles. The number of hydrogen-bond acceptors (Lipinski definition) is 6. The van der Waals surface area contributed by atoms with E-state index in [-0.39, 0.29) is 29.3 Å². The highest BCUT2D eigenvalue weighted by Gasteiger charge is 2.33. The van der Waals surface area contributed by atoms with E-state index < -0.39 is 10.0 Å². The monoisotopic (exact) mass is 457 g/mol. The Balaban J connectivity index is 1.41. The molecule has 0 radical (unpaired) electrons. The molecule has 2 N–H and O–H groups in total. The zero-order valence-electron chi connectivity index (χ0n) is 18.0. The van der Waals surface area contributed by atoms with Crippen molar-refractivity contribution in [2.75, 3.05) is 37.6 Å². The number of pyridine rings is 1. The fourth-order valence-electron chi connectivity index (χ4n) is 4.42. The van der Waals surface area contributed by atoms with Gasteiger partial charge in [0.05, 0.1) is 11.4 Å². The predicted molar refractivity (Wildman–Crippen MR) is 120 cm³/mol. The van der Waals surface area contributed by atoms with Crippen LogP contribution in [0.4, 0.5) is 5.69 Å². The van der Waals surface area contributed by atoms with Crippen molar-refractivity contribution in [3.8, 4) is 0 Å². The lowest BCUT2D eigenvalue weighted by molar-refractivity contribution is -0.120. The van der Waals surface area contributed by atoms with Crippen LogP contribution < -0.4 is 10.0 Å². The smallest absolute Gasteiger partial charge is 0.272 e. The minimum Gasteiger partial charge on any atom is -0.336 e. The molecule has 1 saturated heterocycles. The largest absolute Gasteiger partial charge is 0.336 e. The Morgan fingerprint density at radius 1 is 1.12 bits per heavy atom. The molecular weight excluding hydrogens is 430 g/mol. The molecule has 10 heteroatoms. The first kappa shape index (κ1) is 22.4. The van der Waals surface area contributed by atoms with Crippen LogP contribution in [-0.2, 0) is 21.2 Å². The second kappa shape index (κ2) is 8.97. The second-order valence-corrected chi connectivity index (χ2v) is 9.85. The van der Waals surface area contributed by atoms with Crippen molar-refractivity contribution in [1.82, 2.24) is 14.8 Å². The van der Waals surface area contributed by atoms with Crippen LogP contribution in [0.5, 0.6) is 0 Å². The normalized spacial score (nSPS) is 19.5. The second-order valence-electron chi connectivity index (χ2n) is 8.29. The topological polar surface area (TPSA) is 117 Å². The zero-order valence-corrected chi connectivity index (χ0v) is 18.8. The van der Waals surface area contributed by atoms with E-state index in [4.69, 9.17) is 5.14 Å². The number of carbonyl (C=O) groups is 2. The van der Waals surface area contributed by atoms with Crippen LogP contribution in [0, 0.1) is 0 Å². The third-order valence-electron chi connectivity index (χ3n) is 5.98. The number of primary sulfonamides is 1. The number of rotatable bonds is 4. The molecule has 0 aliphatic carbocycles. The molecule has 2 aliphatic heterocycles. The lowest BCUT2D eigenvalue weighted by Crippen LogP contribution is -2.44. The van der Waals surface area contributed by atoms with Gasteiger partial charge < -0.3 is 9.80 Å². The van der Waals surface area contributed by atoms with Crippen molar-refractivity contribution in [2.45, 2.75) is 30.7 Å². The summed E-state index contributed by atoms with van der Waals surface area (Å²) in [5.41, 5.74) is 1.97. The fourth-order valence-corrected chi connectivity index (χ4v) is 4.98. The van der Waals surface area contributed by atoms with Gasteiger partial charge in [-0.2, -0.15) is 0 Å². The maximum atomic E-state index is 13.2. The lowest BCUT2D eigenvalue weighted by atomic mass is 10.1. The van der Waals surface area contributed by atoms with Crippen molar-refractivity contribution in [3.63, 3.8) is 0 Å². The third kappa shape index (κ3) is 4.67. The highest BCUT2D eigenvalue weighted by molar-refractivity contribution is 7.89. The predicted octanol–water partition coefficient (Wildman–Crippen LogP) is 0.855. The number of nitrogens with zero attached hydrogens (tertiary/aromatic N) is 4. The number of hydrogen-bond donors (Lipinski definition) is 1. The lowest BCUT2D eigenvalue weighted by Gasteiger charge is -2.27. The van der Waals surface area contributed by atoms with E-state index >= 15 is 0 Å². The molecule has 2 aliphatic rings. The van der Waals surface area contributed by atoms with Gasteiger partial charge in [-0.15, -0.1) is 0 Å². The van der Waals surface area contributed by atoms with E-state index in [9.17, 15) is 18.0 Å². The SMILES string of the molecule is C[C@H]1Cc2cc(S(N)(=O)=O)ccc2N1C(=O)CN1CCCN(C(=O)c2ccccn2)CC1. The molecule has 4 rings (SSSR count). The molecule has 1 aromatic heterocycles. The number of carbonyl (C=O) groups excluding carboxylic acids is 2. The van der Waals surface area contributed by atoms with E-state index in [1.54, 1.807) is 46.3 Å². The van der Waals surface area contributed by atoms with Crippen molar-refractivity contribution in [1.29, 1.82) is 0 Å². The van der Waals surface area contributed by atoms with Crippen LogP contribution in [0.2, 0.25) is 0 Å². The zero-order chi connectivity index (χ0) is 22.9.